The molecule has 1 heterocycles. The Bertz CT molecular complexity index is 479. The number of carbonyl (C=O) groups is 2. The molecule has 0 saturated heterocycles. The van der Waals surface area contributed by atoms with Gasteiger partial charge in [-0.05, 0) is 33.3 Å². The van der Waals surface area contributed by atoms with Gasteiger partial charge in [-0.1, -0.05) is 0 Å². The van der Waals surface area contributed by atoms with Crippen molar-refractivity contribution in [3.05, 3.63) is 23.9 Å². The highest BCUT2D eigenvalue weighted by Crippen LogP contribution is 2.08. The third-order valence-electron chi connectivity index (χ3n) is 2.22. The van der Waals surface area contributed by atoms with Crippen LogP contribution in [0.15, 0.2) is 18.3 Å². The Labute approximate surface area is 123 Å². The molecule has 0 fully saturated rings. The minimum absolute atomic E-state index is 0.106. The Morgan fingerprint density at radius 2 is 2.05 bits per heavy atom. The van der Waals surface area contributed by atoms with E-state index in [0.717, 1.165) is 0 Å². The normalized spacial score (nSPS) is 10.8. The van der Waals surface area contributed by atoms with Gasteiger partial charge in [0.1, 0.15) is 5.60 Å². The van der Waals surface area contributed by atoms with Crippen molar-refractivity contribution < 1.29 is 24.2 Å². The molecule has 0 atom stereocenters. The van der Waals surface area contributed by atoms with Crippen LogP contribution >= 0.6 is 0 Å². The summed E-state index contributed by atoms with van der Waals surface area (Å²) in [5.41, 5.74) is -0.412. The van der Waals surface area contributed by atoms with Gasteiger partial charge in [0.05, 0.1) is 12.2 Å². The summed E-state index contributed by atoms with van der Waals surface area (Å²) in [5.74, 6) is -0.687. The average Bonchev–Trinajstić information content (AvgIpc) is 2.36. The van der Waals surface area contributed by atoms with Crippen molar-refractivity contribution >= 4 is 12.1 Å². The van der Waals surface area contributed by atoms with E-state index in [1.54, 1.807) is 20.8 Å². The monoisotopic (exact) mass is 296 g/mol. The van der Waals surface area contributed by atoms with Crippen LogP contribution in [-0.4, -0.2) is 40.9 Å². The molecule has 1 aromatic rings. The molecule has 2 N–H and O–H groups in total. The third-order valence-corrected chi connectivity index (χ3v) is 2.22. The zero-order valence-corrected chi connectivity index (χ0v) is 12.4. The van der Waals surface area contributed by atoms with E-state index in [1.807, 2.05) is 0 Å². The van der Waals surface area contributed by atoms with Gasteiger partial charge in [-0.2, -0.15) is 0 Å². The van der Waals surface area contributed by atoms with Crippen molar-refractivity contribution in [1.82, 2.24) is 10.3 Å². The Morgan fingerprint density at radius 1 is 1.33 bits per heavy atom. The summed E-state index contributed by atoms with van der Waals surface area (Å²) in [4.78, 5) is 25.9. The van der Waals surface area contributed by atoms with Gasteiger partial charge in [-0.25, -0.2) is 14.6 Å². The van der Waals surface area contributed by atoms with Crippen LogP contribution in [0.2, 0.25) is 0 Å². The van der Waals surface area contributed by atoms with Crippen LogP contribution in [-0.2, 0) is 4.74 Å². The van der Waals surface area contributed by atoms with E-state index in [9.17, 15) is 9.59 Å². The van der Waals surface area contributed by atoms with Crippen molar-refractivity contribution in [2.75, 3.05) is 13.2 Å². The number of alkyl carbamates (subject to hydrolysis) is 1. The summed E-state index contributed by atoms with van der Waals surface area (Å²) in [5, 5.41) is 11.3. The number of carboxylic acids is 1. The molecule has 1 amide bonds. The number of hydrogen-bond donors (Lipinski definition) is 2. The summed E-state index contributed by atoms with van der Waals surface area (Å²) in [6.45, 7) is 6.16. The van der Waals surface area contributed by atoms with E-state index in [2.05, 4.69) is 10.3 Å². The smallest absolute Gasteiger partial charge is 0.407 e. The van der Waals surface area contributed by atoms with Crippen LogP contribution in [0.1, 0.15) is 37.6 Å². The van der Waals surface area contributed by atoms with Gasteiger partial charge in [0.25, 0.3) is 0 Å². The number of rotatable bonds is 6. The van der Waals surface area contributed by atoms with Crippen molar-refractivity contribution in [3.8, 4) is 5.88 Å². The summed E-state index contributed by atoms with van der Waals surface area (Å²) < 4.78 is 10.4. The molecule has 0 aliphatic heterocycles. The van der Waals surface area contributed by atoms with Crippen molar-refractivity contribution in [2.24, 2.45) is 0 Å². The zero-order valence-electron chi connectivity index (χ0n) is 12.4. The van der Waals surface area contributed by atoms with Gasteiger partial charge in [0, 0.05) is 18.8 Å². The number of nitrogens with one attached hydrogen (secondary N) is 1. The van der Waals surface area contributed by atoms with E-state index in [0.29, 0.717) is 25.5 Å². The van der Waals surface area contributed by atoms with Gasteiger partial charge < -0.3 is 19.9 Å². The minimum Gasteiger partial charge on any atom is -0.478 e. The number of aromatic nitrogens is 1. The molecule has 116 valence electrons. The van der Waals surface area contributed by atoms with Crippen LogP contribution in [0.5, 0.6) is 5.88 Å². The van der Waals surface area contributed by atoms with E-state index in [4.69, 9.17) is 14.6 Å². The van der Waals surface area contributed by atoms with Crippen molar-refractivity contribution in [1.29, 1.82) is 0 Å². The molecule has 0 spiro atoms. The fourth-order valence-electron chi connectivity index (χ4n) is 1.35. The molecule has 0 saturated carbocycles. The molecule has 0 aliphatic carbocycles. The number of ether oxygens (including phenoxy) is 2. The SMILES string of the molecule is CC(C)(C)OC(=O)NCCCOc1ccc(C(=O)O)cn1. The maximum Gasteiger partial charge on any atom is 0.407 e. The molecule has 0 aromatic carbocycles. The molecule has 0 bridgehead atoms. The second kappa shape index (κ2) is 7.47. The largest absolute Gasteiger partial charge is 0.478 e. The number of nitrogens with zero attached hydrogens (tertiary/aromatic N) is 1. The Kier molecular flexibility index (Phi) is 5.95. The predicted molar refractivity (Wildman–Crippen MR) is 75.5 cm³/mol. The lowest BCUT2D eigenvalue weighted by Crippen LogP contribution is -2.33. The quantitative estimate of drug-likeness (QED) is 0.780. The highest BCUT2D eigenvalue weighted by Gasteiger charge is 2.15. The lowest BCUT2D eigenvalue weighted by molar-refractivity contribution is 0.0525. The first-order chi connectivity index (χ1) is 9.78. The van der Waals surface area contributed by atoms with E-state index in [-0.39, 0.29) is 5.56 Å². The van der Waals surface area contributed by atoms with Gasteiger partial charge in [-0.15, -0.1) is 0 Å². The highest BCUT2D eigenvalue weighted by molar-refractivity contribution is 5.87. The maximum absolute atomic E-state index is 11.4. The first kappa shape index (κ1) is 16.7. The van der Waals surface area contributed by atoms with Crippen molar-refractivity contribution in [2.45, 2.75) is 32.8 Å². The standard InChI is InChI=1S/C14H20N2O5/c1-14(2,3)21-13(19)15-7-4-8-20-11-6-5-10(9-16-11)12(17)18/h5-6,9H,4,7-8H2,1-3H3,(H,15,19)(H,17,18). The van der Waals surface area contributed by atoms with Gasteiger partial charge in [-0.3, -0.25) is 0 Å². The number of aromatic carboxylic acids is 1. The van der Waals surface area contributed by atoms with Gasteiger partial charge >= 0.3 is 12.1 Å². The molecule has 7 heteroatoms. The minimum atomic E-state index is -1.03. The topological polar surface area (TPSA) is 97.8 Å². The zero-order chi connectivity index (χ0) is 15.9. The van der Waals surface area contributed by atoms with Crippen LogP contribution in [0, 0.1) is 0 Å². The van der Waals surface area contributed by atoms with E-state index in [1.165, 1.54) is 18.3 Å². The third kappa shape index (κ3) is 7.14. The Balaban J connectivity index is 2.19. The molecule has 1 aromatic heterocycles. The van der Waals surface area contributed by atoms with Gasteiger partial charge in [0.15, 0.2) is 0 Å². The van der Waals surface area contributed by atoms with Crippen LogP contribution in [0.25, 0.3) is 0 Å². The van der Waals surface area contributed by atoms with E-state index >= 15 is 0 Å². The fraction of sp³-hybridized carbons (Fsp3) is 0.500. The molecule has 0 aliphatic rings. The lowest BCUT2D eigenvalue weighted by atomic mass is 10.2. The fourth-order valence-corrected chi connectivity index (χ4v) is 1.35. The number of amides is 1. The number of hydrogen-bond acceptors (Lipinski definition) is 5. The molecule has 0 unspecified atom stereocenters. The average molecular weight is 296 g/mol. The van der Waals surface area contributed by atoms with Crippen LogP contribution in [0.4, 0.5) is 4.79 Å². The molecular weight excluding hydrogens is 276 g/mol. The summed E-state index contributed by atoms with van der Waals surface area (Å²) in [7, 11) is 0. The number of carboxylic acid groups (broad SMARTS) is 1. The maximum atomic E-state index is 11.4. The predicted octanol–water partition coefficient (Wildman–Crippen LogP) is 2.07. The Hall–Kier alpha value is -2.31. The second-order valence-electron chi connectivity index (χ2n) is 5.32. The molecule has 1 rings (SSSR count). The first-order valence-electron chi connectivity index (χ1n) is 6.57. The molecule has 21 heavy (non-hydrogen) atoms. The molecule has 7 nitrogen and oxygen atoms in total. The summed E-state index contributed by atoms with van der Waals surface area (Å²) in [6.07, 6.45) is 1.35. The van der Waals surface area contributed by atoms with E-state index < -0.39 is 17.7 Å². The van der Waals surface area contributed by atoms with Gasteiger partial charge in [0.2, 0.25) is 5.88 Å². The molecular formula is C14H20N2O5. The molecule has 0 radical (unpaired) electrons. The van der Waals surface area contributed by atoms with Crippen LogP contribution in [0.3, 0.4) is 0 Å². The summed E-state index contributed by atoms with van der Waals surface area (Å²) in [6, 6.07) is 2.91. The second-order valence-corrected chi connectivity index (χ2v) is 5.32. The highest BCUT2D eigenvalue weighted by atomic mass is 16.6. The van der Waals surface area contributed by atoms with Crippen molar-refractivity contribution in [3.63, 3.8) is 0 Å². The summed E-state index contributed by atoms with van der Waals surface area (Å²) >= 11 is 0. The number of pyridine rings is 1. The Morgan fingerprint density at radius 3 is 2.57 bits per heavy atom. The number of carbonyl (C=O) groups excluding carboxylic acids is 1. The van der Waals surface area contributed by atoms with Crippen LogP contribution < -0.4 is 10.1 Å². The first-order valence-corrected chi connectivity index (χ1v) is 6.57. The lowest BCUT2D eigenvalue weighted by Gasteiger charge is -2.19.